The first-order chi connectivity index (χ1) is 14.0. The number of nitrogens with zero attached hydrogens (tertiary/aromatic N) is 5. The summed E-state index contributed by atoms with van der Waals surface area (Å²) < 4.78 is 21.5. The van der Waals surface area contributed by atoms with E-state index in [0.717, 1.165) is 5.69 Å². The van der Waals surface area contributed by atoms with Crippen molar-refractivity contribution in [3.8, 4) is 0 Å². The molecule has 1 saturated heterocycles. The van der Waals surface area contributed by atoms with Crippen molar-refractivity contribution < 1.29 is 13.9 Å². The van der Waals surface area contributed by atoms with E-state index in [2.05, 4.69) is 15.1 Å². The van der Waals surface area contributed by atoms with Gasteiger partial charge in [-0.3, -0.25) is 19.4 Å². The number of carbonyl (C=O) groups excluding carboxylic acids is 1. The molecule has 0 radical (unpaired) electrons. The summed E-state index contributed by atoms with van der Waals surface area (Å²) in [7, 11) is 1.79. The number of hydrogen-bond acceptors (Lipinski definition) is 8. The molecule has 29 heavy (non-hydrogen) atoms. The maximum atomic E-state index is 14.0. The molecular formula is C18H22FN7O2S. The number of anilines is 1. The van der Waals surface area contributed by atoms with E-state index in [9.17, 15) is 9.18 Å². The van der Waals surface area contributed by atoms with Crippen LogP contribution in [0.4, 0.5) is 10.1 Å². The van der Waals surface area contributed by atoms with Crippen LogP contribution >= 0.6 is 11.8 Å². The third kappa shape index (κ3) is 3.72. The predicted octanol–water partition coefficient (Wildman–Crippen LogP) is 1.31. The van der Waals surface area contributed by atoms with E-state index in [1.807, 2.05) is 0 Å². The number of primary amides is 1. The third-order valence-corrected chi connectivity index (χ3v) is 6.17. The van der Waals surface area contributed by atoms with Crippen molar-refractivity contribution in [3.05, 3.63) is 47.3 Å². The van der Waals surface area contributed by atoms with Gasteiger partial charge in [0, 0.05) is 30.9 Å². The van der Waals surface area contributed by atoms with Gasteiger partial charge in [-0.15, -0.1) is 0 Å². The summed E-state index contributed by atoms with van der Waals surface area (Å²) in [5.41, 5.74) is 13.9. The second-order valence-corrected chi connectivity index (χ2v) is 7.93. The van der Waals surface area contributed by atoms with Gasteiger partial charge in [-0.05, 0) is 12.8 Å². The van der Waals surface area contributed by atoms with Crippen LogP contribution in [0.25, 0.3) is 0 Å². The zero-order valence-corrected chi connectivity index (χ0v) is 16.6. The number of aromatic nitrogens is 4. The lowest BCUT2D eigenvalue weighted by Gasteiger charge is -2.29. The van der Waals surface area contributed by atoms with E-state index in [1.54, 1.807) is 46.8 Å². The molecule has 4 heterocycles. The lowest BCUT2D eigenvalue weighted by atomic mass is 10.0. The highest BCUT2D eigenvalue weighted by molar-refractivity contribution is 8.02. The van der Waals surface area contributed by atoms with Crippen molar-refractivity contribution in [1.82, 2.24) is 19.7 Å². The zero-order chi connectivity index (χ0) is 20.5. The molecule has 154 valence electrons. The predicted molar refractivity (Wildman–Crippen MR) is 106 cm³/mol. The molecule has 0 saturated carbocycles. The summed E-state index contributed by atoms with van der Waals surface area (Å²) in [6.45, 7) is -0.0860. The number of rotatable bonds is 4. The minimum Gasteiger partial charge on any atom is -0.369 e. The highest BCUT2D eigenvalue weighted by Crippen LogP contribution is 2.47. The van der Waals surface area contributed by atoms with Gasteiger partial charge in [0.25, 0.3) is 5.91 Å². The largest absolute Gasteiger partial charge is 0.369 e. The molecule has 11 heteroatoms. The van der Waals surface area contributed by atoms with Crippen LogP contribution in [0.3, 0.4) is 0 Å². The van der Waals surface area contributed by atoms with Crippen molar-refractivity contribution in [1.29, 1.82) is 0 Å². The molecule has 4 atom stereocenters. The Morgan fingerprint density at radius 1 is 1.34 bits per heavy atom. The smallest absolute Gasteiger partial charge is 0.265 e. The fourth-order valence-corrected chi connectivity index (χ4v) is 4.69. The van der Waals surface area contributed by atoms with Gasteiger partial charge in [-0.2, -0.15) is 5.10 Å². The summed E-state index contributed by atoms with van der Waals surface area (Å²) in [5, 5.41) is 5.74. The minimum absolute atomic E-state index is 0.0860. The first-order valence-electron chi connectivity index (χ1n) is 9.21. The fourth-order valence-electron chi connectivity index (χ4n) is 3.60. The van der Waals surface area contributed by atoms with Gasteiger partial charge in [-0.25, -0.2) is 4.39 Å². The first kappa shape index (κ1) is 19.8. The molecule has 2 aliphatic heterocycles. The van der Waals surface area contributed by atoms with E-state index >= 15 is 0 Å². The quantitative estimate of drug-likeness (QED) is 0.760. The molecule has 2 aliphatic rings. The average Bonchev–Trinajstić information content (AvgIpc) is 3.27. The van der Waals surface area contributed by atoms with Crippen LogP contribution in [-0.2, 0) is 16.6 Å². The Morgan fingerprint density at radius 3 is 2.90 bits per heavy atom. The molecule has 1 unspecified atom stereocenters. The van der Waals surface area contributed by atoms with E-state index in [0.29, 0.717) is 29.9 Å². The van der Waals surface area contributed by atoms with Gasteiger partial charge in [0.05, 0.1) is 36.1 Å². The third-order valence-electron chi connectivity index (χ3n) is 5.10. The minimum atomic E-state index is -1.22. The Hall–Kier alpha value is -2.50. The molecule has 4 rings (SSSR count). The van der Waals surface area contributed by atoms with Crippen LogP contribution in [0, 0.1) is 0 Å². The van der Waals surface area contributed by atoms with Crippen molar-refractivity contribution >= 4 is 23.4 Å². The Morgan fingerprint density at radius 2 is 2.17 bits per heavy atom. The molecule has 4 N–H and O–H groups in total. The van der Waals surface area contributed by atoms with Gasteiger partial charge in [-0.1, -0.05) is 11.8 Å². The van der Waals surface area contributed by atoms with Gasteiger partial charge < -0.3 is 21.1 Å². The van der Waals surface area contributed by atoms with Gasteiger partial charge in [0.1, 0.15) is 23.3 Å². The topological polar surface area (TPSA) is 125 Å². The Labute approximate surface area is 171 Å². The van der Waals surface area contributed by atoms with Gasteiger partial charge in [0.15, 0.2) is 0 Å². The second kappa shape index (κ2) is 8.09. The van der Waals surface area contributed by atoms with Crippen LogP contribution < -0.4 is 16.4 Å². The van der Waals surface area contributed by atoms with Crippen molar-refractivity contribution in [2.24, 2.45) is 18.5 Å². The summed E-state index contributed by atoms with van der Waals surface area (Å²) in [6.07, 6.45) is 5.88. The average molecular weight is 419 g/mol. The molecule has 2 aromatic rings. The van der Waals surface area contributed by atoms with E-state index in [1.165, 1.54) is 11.8 Å². The van der Waals surface area contributed by atoms with Crippen molar-refractivity contribution in [3.63, 3.8) is 0 Å². The SMILES string of the molecule is Cn1ncc(N2C(C(N)=O)=CSC2c2cnccn2)c1[C@@H]1CC[C@@H](N)[C@H](F)CO1. The number of thioether (sulfide) groups is 1. The van der Waals surface area contributed by atoms with Crippen molar-refractivity contribution in [2.75, 3.05) is 11.5 Å². The molecule has 0 bridgehead atoms. The maximum Gasteiger partial charge on any atom is 0.265 e. The van der Waals surface area contributed by atoms with E-state index in [4.69, 9.17) is 16.2 Å². The molecule has 2 aromatic heterocycles. The molecule has 0 aliphatic carbocycles. The van der Waals surface area contributed by atoms with Crippen LogP contribution in [-0.4, -0.2) is 44.5 Å². The Bertz CT molecular complexity index is 910. The summed E-state index contributed by atoms with van der Waals surface area (Å²) in [4.78, 5) is 22.4. The number of ether oxygens (including phenoxy) is 1. The number of nitrogens with two attached hydrogens (primary N) is 2. The van der Waals surface area contributed by atoms with Crippen LogP contribution in [0.5, 0.6) is 0 Å². The molecule has 0 aromatic carbocycles. The summed E-state index contributed by atoms with van der Waals surface area (Å²) in [5.74, 6) is -0.564. The lowest BCUT2D eigenvalue weighted by molar-refractivity contribution is -0.114. The summed E-state index contributed by atoms with van der Waals surface area (Å²) >= 11 is 1.41. The van der Waals surface area contributed by atoms with Crippen LogP contribution in [0.15, 0.2) is 35.9 Å². The highest BCUT2D eigenvalue weighted by atomic mass is 32.2. The number of carbonyl (C=O) groups is 1. The number of halogens is 1. The lowest BCUT2D eigenvalue weighted by Crippen LogP contribution is -2.32. The summed E-state index contributed by atoms with van der Waals surface area (Å²) in [6, 6.07) is -0.563. The standard InChI is InChI=1S/C18H22FN7O2S/c1-25-16(15-3-2-11(20)10(19)8-28-15)13(7-24-25)26-14(17(21)27)9-29-18(26)12-6-22-4-5-23-12/h4-7,9-11,15,18H,2-3,8,20H2,1H3,(H2,21,27)/t10-,11-,15+,18?/m1/s1. The molecular weight excluding hydrogens is 397 g/mol. The second-order valence-electron chi connectivity index (χ2n) is 6.97. The molecule has 9 nitrogen and oxygen atoms in total. The molecule has 1 fully saturated rings. The van der Waals surface area contributed by atoms with E-state index in [-0.39, 0.29) is 12.0 Å². The maximum absolute atomic E-state index is 14.0. The van der Waals surface area contributed by atoms with E-state index < -0.39 is 24.2 Å². The number of alkyl halides is 1. The normalized spacial score (nSPS) is 27.6. The number of hydrogen-bond donors (Lipinski definition) is 2. The van der Waals surface area contributed by atoms with Gasteiger partial charge >= 0.3 is 0 Å². The van der Waals surface area contributed by atoms with Crippen LogP contribution in [0.1, 0.15) is 35.7 Å². The Balaban J connectivity index is 1.74. The van der Waals surface area contributed by atoms with Crippen LogP contribution in [0.2, 0.25) is 0 Å². The monoisotopic (exact) mass is 419 g/mol. The van der Waals surface area contributed by atoms with Crippen molar-refractivity contribution in [2.45, 2.75) is 36.5 Å². The fraction of sp³-hybridized carbons (Fsp3) is 0.444. The first-order valence-corrected chi connectivity index (χ1v) is 10.2. The zero-order valence-electron chi connectivity index (χ0n) is 15.8. The molecule has 0 spiro atoms. The number of amides is 1. The number of aryl methyl sites for hydroxylation is 1. The Kier molecular flexibility index (Phi) is 5.52. The molecule has 1 amide bonds. The highest BCUT2D eigenvalue weighted by Gasteiger charge is 2.38. The van der Waals surface area contributed by atoms with Gasteiger partial charge in [0.2, 0.25) is 0 Å².